The quantitative estimate of drug-likeness (QED) is 0.673. The molecule has 2 heterocycles. The van der Waals surface area contributed by atoms with E-state index >= 15 is 0 Å². The largest absolute Gasteiger partial charge is 0.338 e. The van der Waals surface area contributed by atoms with Crippen molar-refractivity contribution in [1.29, 1.82) is 0 Å². The van der Waals surface area contributed by atoms with Crippen molar-refractivity contribution < 1.29 is 16.8 Å². The number of aromatic nitrogens is 2. The Morgan fingerprint density at radius 1 is 0.875 bits per heavy atom. The van der Waals surface area contributed by atoms with E-state index in [9.17, 15) is 16.8 Å². The highest BCUT2D eigenvalue weighted by atomic mass is 32.2. The van der Waals surface area contributed by atoms with Crippen LogP contribution in [0.1, 0.15) is 32.6 Å². The lowest BCUT2D eigenvalue weighted by Crippen LogP contribution is -2.49. The van der Waals surface area contributed by atoms with E-state index in [1.165, 1.54) is 28.6 Å². The fourth-order valence-electron chi connectivity index (χ4n) is 4.28. The highest BCUT2D eigenvalue weighted by Gasteiger charge is 2.30. The number of hydrogen-bond donors (Lipinski definition) is 1. The fourth-order valence-corrected chi connectivity index (χ4v) is 7.08. The topological polar surface area (TPSA) is 113 Å². The summed E-state index contributed by atoms with van der Waals surface area (Å²) in [6, 6.07) is 7.15. The predicted octanol–water partition coefficient (Wildman–Crippen LogP) is 1.84. The number of rotatable bonds is 6. The van der Waals surface area contributed by atoms with Gasteiger partial charge in [-0.05, 0) is 49.1 Å². The monoisotopic (exact) mass is 479 g/mol. The third-order valence-electron chi connectivity index (χ3n) is 6.26. The minimum Gasteiger partial charge on any atom is -0.338 e. The second kappa shape index (κ2) is 9.42. The molecule has 0 amide bonds. The predicted molar refractivity (Wildman–Crippen MR) is 121 cm³/mol. The molecular formula is C21H29N5O4S2. The molecule has 1 aliphatic heterocycles. The van der Waals surface area contributed by atoms with Crippen LogP contribution in [0.2, 0.25) is 0 Å². The lowest BCUT2D eigenvalue weighted by molar-refractivity contribution is 0.310. The summed E-state index contributed by atoms with van der Waals surface area (Å²) in [5.74, 6) is 0.872. The summed E-state index contributed by atoms with van der Waals surface area (Å²) in [7, 11) is -7.41. The summed E-state index contributed by atoms with van der Waals surface area (Å²) in [5.41, 5.74) is 0. The molecule has 174 valence electrons. The molecule has 1 saturated heterocycles. The number of anilines is 1. The third-order valence-corrected chi connectivity index (χ3v) is 9.68. The molecule has 1 aromatic heterocycles. The molecule has 0 bridgehead atoms. The summed E-state index contributed by atoms with van der Waals surface area (Å²) >= 11 is 0. The van der Waals surface area contributed by atoms with Gasteiger partial charge in [-0.25, -0.2) is 31.5 Å². The van der Waals surface area contributed by atoms with Crippen molar-refractivity contribution in [3.63, 3.8) is 0 Å². The zero-order valence-corrected chi connectivity index (χ0v) is 19.7. The lowest BCUT2D eigenvalue weighted by Gasteiger charge is -2.33. The maximum absolute atomic E-state index is 13.1. The second-order valence-corrected chi connectivity index (χ2v) is 12.1. The molecule has 0 unspecified atom stereocenters. The Hall–Kier alpha value is -2.08. The van der Waals surface area contributed by atoms with Crippen LogP contribution >= 0.6 is 0 Å². The van der Waals surface area contributed by atoms with Gasteiger partial charge >= 0.3 is 0 Å². The van der Waals surface area contributed by atoms with E-state index in [1.54, 1.807) is 18.5 Å². The van der Waals surface area contributed by atoms with Crippen molar-refractivity contribution in [2.75, 3.05) is 31.1 Å². The maximum Gasteiger partial charge on any atom is 0.243 e. The second-order valence-electron chi connectivity index (χ2n) is 8.40. The van der Waals surface area contributed by atoms with Crippen LogP contribution < -0.4 is 9.62 Å². The van der Waals surface area contributed by atoms with Gasteiger partial charge in [0.25, 0.3) is 0 Å². The average Bonchev–Trinajstić information content (AvgIpc) is 2.81. The number of hydrogen-bond acceptors (Lipinski definition) is 7. The molecule has 4 rings (SSSR count). The van der Waals surface area contributed by atoms with Crippen LogP contribution in [0.3, 0.4) is 0 Å². The Labute approximate surface area is 190 Å². The summed E-state index contributed by atoms with van der Waals surface area (Å²) in [6.07, 6.45) is 7.29. The van der Waals surface area contributed by atoms with Gasteiger partial charge in [0.15, 0.2) is 0 Å². The molecule has 1 aromatic carbocycles. The van der Waals surface area contributed by atoms with Crippen LogP contribution in [0.4, 0.5) is 5.95 Å². The van der Waals surface area contributed by atoms with E-state index in [-0.39, 0.29) is 21.8 Å². The van der Waals surface area contributed by atoms with Gasteiger partial charge in [-0.3, -0.25) is 0 Å². The van der Waals surface area contributed by atoms with Gasteiger partial charge in [0, 0.05) is 44.6 Å². The molecular weight excluding hydrogens is 450 g/mol. The van der Waals surface area contributed by atoms with E-state index in [2.05, 4.69) is 21.6 Å². The van der Waals surface area contributed by atoms with Crippen LogP contribution in [0.25, 0.3) is 0 Å². The van der Waals surface area contributed by atoms with Gasteiger partial charge in [-0.1, -0.05) is 19.8 Å². The zero-order chi connectivity index (χ0) is 22.8. The number of piperazine rings is 1. The molecule has 2 atom stereocenters. The highest BCUT2D eigenvalue weighted by molar-refractivity contribution is 7.89. The first-order chi connectivity index (χ1) is 15.3. The number of benzene rings is 1. The molecule has 2 aliphatic rings. The molecule has 1 saturated carbocycles. The fraction of sp³-hybridized carbons (Fsp3) is 0.524. The standard InChI is InChI=1S/C21H29N5O4S2/c1-17-5-2-3-6-20(17)24-31(27,28)18-7-9-19(10-8-18)32(29,30)26-15-13-25(14-16-26)21-22-11-4-12-23-21/h4,7-12,17,20,24H,2-3,5-6,13-16H2,1H3/t17-,20+/m0/s1. The Kier molecular flexibility index (Phi) is 6.80. The van der Waals surface area contributed by atoms with Gasteiger partial charge in [0.1, 0.15) is 0 Å². The van der Waals surface area contributed by atoms with Crippen molar-refractivity contribution in [2.24, 2.45) is 5.92 Å². The summed E-state index contributed by atoms with van der Waals surface area (Å²) in [4.78, 5) is 10.5. The Morgan fingerprint density at radius 2 is 1.47 bits per heavy atom. The average molecular weight is 480 g/mol. The van der Waals surface area contributed by atoms with E-state index in [0.29, 0.717) is 32.1 Å². The first-order valence-electron chi connectivity index (χ1n) is 10.9. The molecule has 0 radical (unpaired) electrons. The molecule has 2 aromatic rings. The number of nitrogens with one attached hydrogen (secondary N) is 1. The molecule has 0 spiro atoms. The van der Waals surface area contributed by atoms with Crippen molar-refractivity contribution in [3.05, 3.63) is 42.7 Å². The van der Waals surface area contributed by atoms with Gasteiger partial charge in [-0.2, -0.15) is 4.31 Å². The van der Waals surface area contributed by atoms with Crippen LogP contribution in [0.5, 0.6) is 0 Å². The molecule has 11 heteroatoms. The molecule has 2 fully saturated rings. The Balaban J connectivity index is 1.43. The van der Waals surface area contributed by atoms with Crippen molar-refractivity contribution in [3.8, 4) is 0 Å². The Bertz CT molecular complexity index is 1120. The van der Waals surface area contributed by atoms with Crippen LogP contribution in [0.15, 0.2) is 52.5 Å². The van der Waals surface area contributed by atoms with Gasteiger partial charge < -0.3 is 4.90 Å². The van der Waals surface area contributed by atoms with Crippen molar-refractivity contribution >= 4 is 26.0 Å². The first kappa shape index (κ1) is 23.1. The van der Waals surface area contributed by atoms with E-state index < -0.39 is 20.0 Å². The molecule has 1 N–H and O–H groups in total. The summed E-state index contributed by atoms with van der Waals surface area (Å²) < 4.78 is 55.9. The third kappa shape index (κ3) is 4.95. The molecule has 9 nitrogen and oxygen atoms in total. The number of sulfonamides is 2. The summed E-state index contributed by atoms with van der Waals surface area (Å²) in [5, 5.41) is 0. The van der Waals surface area contributed by atoms with Gasteiger partial charge in [-0.15, -0.1) is 0 Å². The highest BCUT2D eigenvalue weighted by Crippen LogP contribution is 2.26. The normalized spacial score (nSPS) is 23.2. The summed E-state index contributed by atoms with van der Waals surface area (Å²) in [6.45, 7) is 3.65. The van der Waals surface area contributed by atoms with E-state index in [4.69, 9.17) is 0 Å². The number of nitrogens with zero attached hydrogens (tertiary/aromatic N) is 4. The minimum atomic E-state index is -3.72. The van der Waals surface area contributed by atoms with Crippen molar-refractivity contribution in [2.45, 2.75) is 48.4 Å². The molecule has 32 heavy (non-hydrogen) atoms. The van der Waals surface area contributed by atoms with Crippen molar-refractivity contribution in [1.82, 2.24) is 19.0 Å². The maximum atomic E-state index is 13.1. The minimum absolute atomic E-state index is 0.0814. The van der Waals surface area contributed by atoms with Crippen LogP contribution in [-0.2, 0) is 20.0 Å². The Morgan fingerprint density at radius 3 is 2.09 bits per heavy atom. The van der Waals surface area contributed by atoms with E-state index in [1.807, 2.05) is 4.90 Å². The lowest BCUT2D eigenvalue weighted by atomic mass is 9.87. The van der Waals surface area contributed by atoms with E-state index in [0.717, 1.165) is 25.7 Å². The smallest absolute Gasteiger partial charge is 0.243 e. The zero-order valence-electron chi connectivity index (χ0n) is 18.1. The van der Waals surface area contributed by atoms with Gasteiger partial charge in [0.2, 0.25) is 26.0 Å². The molecule has 1 aliphatic carbocycles. The first-order valence-corrected chi connectivity index (χ1v) is 13.8. The van der Waals surface area contributed by atoms with Gasteiger partial charge in [0.05, 0.1) is 9.79 Å². The SMILES string of the molecule is C[C@H]1CCCC[C@H]1NS(=O)(=O)c1ccc(S(=O)(=O)N2CCN(c3ncccn3)CC2)cc1. The van der Waals surface area contributed by atoms with Crippen LogP contribution in [0, 0.1) is 5.92 Å². The van der Waals surface area contributed by atoms with Crippen LogP contribution in [-0.4, -0.2) is 63.3 Å².